The number of nitrogens with one attached hydrogen (secondary N) is 1. The normalized spacial score (nSPS) is 21.1. The van der Waals surface area contributed by atoms with Crippen LogP contribution in [-0.2, 0) is 0 Å². The number of hydrogen-bond acceptors (Lipinski definition) is 2. The largest absolute Gasteiger partial charge is 0.489 e. The average Bonchev–Trinajstić information content (AvgIpc) is 2.64. The molecule has 0 aromatic heterocycles. The van der Waals surface area contributed by atoms with Crippen LogP contribution in [0.2, 0.25) is 5.02 Å². The Bertz CT molecular complexity index is 326. The first-order valence-corrected chi connectivity index (χ1v) is 5.75. The second kappa shape index (κ2) is 4.51. The van der Waals surface area contributed by atoms with Crippen molar-refractivity contribution in [3.8, 4) is 5.75 Å². The van der Waals surface area contributed by atoms with Crippen molar-refractivity contribution in [2.45, 2.75) is 12.5 Å². The third-order valence-electron chi connectivity index (χ3n) is 2.21. The van der Waals surface area contributed by atoms with Crippen molar-refractivity contribution in [3.05, 3.63) is 27.7 Å². The molecule has 0 bridgehead atoms. The van der Waals surface area contributed by atoms with E-state index in [0.29, 0.717) is 5.02 Å². The molecule has 0 radical (unpaired) electrons. The molecule has 1 aromatic carbocycles. The van der Waals surface area contributed by atoms with Gasteiger partial charge in [0.15, 0.2) is 0 Å². The molecule has 1 aliphatic heterocycles. The summed E-state index contributed by atoms with van der Waals surface area (Å²) in [6, 6.07) is 5.66. The summed E-state index contributed by atoms with van der Waals surface area (Å²) >= 11 is 9.30. The fourth-order valence-electron chi connectivity index (χ4n) is 1.47. The summed E-state index contributed by atoms with van der Waals surface area (Å²) in [7, 11) is 0. The minimum atomic E-state index is 0.284. The van der Waals surface area contributed by atoms with E-state index < -0.39 is 0 Å². The Morgan fingerprint density at radius 2 is 2.36 bits per heavy atom. The van der Waals surface area contributed by atoms with Crippen LogP contribution in [0.25, 0.3) is 0 Å². The van der Waals surface area contributed by atoms with Crippen LogP contribution in [-0.4, -0.2) is 19.2 Å². The SMILES string of the molecule is Clc1cc(OC2CCNC2)ccc1Br. The zero-order valence-corrected chi connectivity index (χ0v) is 9.94. The van der Waals surface area contributed by atoms with E-state index in [1.165, 1.54) is 0 Å². The highest BCUT2D eigenvalue weighted by atomic mass is 79.9. The molecule has 0 saturated carbocycles. The van der Waals surface area contributed by atoms with Crippen LogP contribution in [0.4, 0.5) is 0 Å². The second-order valence-electron chi connectivity index (χ2n) is 3.31. The second-order valence-corrected chi connectivity index (χ2v) is 4.57. The van der Waals surface area contributed by atoms with E-state index in [1.54, 1.807) is 0 Å². The molecule has 1 N–H and O–H groups in total. The zero-order chi connectivity index (χ0) is 9.97. The lowest BCUT2D eigenvalue weighted by Gasteiger charge is -2.12. The molecule has 1 aliphatic rings. The summed E-state index contributed by atoms with van der Waals surface area (Å²) in [6.45, 7) is 1.96. The lowest BCUT2D eigenvalue weighted by molar-refractivity contribution is 0.223. The molecule has 2 nitrogen and oxygen atoms in total. The Balaban J connectivity index is 2.05. The summed E-state index contributed by atoms with van der Waals surface area (Å²) in [6.07, 6.45) is 1.35. The maximum Gasteiger partial charge on any atom is 0.121 e. The molecule has 4 heteroatoms. The third kappa shape index (κ3) is 2.41. The highest BCUT2D eigenvalue weighted by molar-refractivity contribution is 9.10. The number of halogens is 2. The molecule has 1 heterocycles. The summed E-state index contributed by atoms with van der Waals surface area (Å²) in [4.78, 5) is 0. The van der Waals surface area contributed by atoms with Gasteiger partial charge < -0.3 is 10.1 Å². The Morgan fingerprint density at radius 1 is 1.50 bits per heavy atom. The quantitative estimate of drug-likeness (QED) is 0.897. The highest BCUT2D eigenvalue weighted by Crippen LogP contribution is 2.27. The molecule has 1 unspecified atom stereocenters. The van der Waals surface area contributed by atoms with Crippen LogP contribution in [0.1, 0.15) is 6.42 Å². The molecule has 1 saturated heterocycles. The van der Waals surface area contributed by atoms with Gasteiger partial charge in [-0.25, -0.2) is 0 Å². The van der Waals surface area contributed by atoms with Crippen LogP contribution in [0.3, 0.4) is 0 Å². The van der Waals surface area contributed by atoms with Gasteiger partial charge in [0.2, 0.25) is 0 Å². The molecule has 1 aromatic rings. The zero-order valence-electron chi connectivity index (χ0n) is 7.59. The number of ether oxygens (including phenoxy) is 1. The molecular formula is C10H11BrClNO. The molecule has 0 spiro atoms. The van der Waals surface area contributed by atoms with Gasteiger partial charge in [-0.15, -0.1) is 0 Å². The van der Waals surface area contributed by atoms with Gasteiger partial charge in [-0.05, 0) is 47.1 Å². The Kier molecular flexibility index (Phi) is 3.31. The van der Waals surface area contributed by atoms with E-state index in [-0.39, 0.29) is 6.10 Å². The standard InChI is InChI=1S/C10H11BrClNO/c11-9-2-1-7(5-10(9)12)14-8-3-4-13-6-8/h1-2,5,8,13H,3-4,6H2. The van der Waals surface area contributed by atoms with Gasteiger partial charge in [-0.2, -0.15) is 0 Å². The summed E-state index contributed by atoms with van der Waals surface area (Å²) in [5.41, 5.74) is 0. The van der Waals surface area contributed by atoms with Gasteiger partial charge in [-0.3, -0.25) is 0 Å². The Hall–Kier alpha value is -0.250. The average molecular weight is 277 g/mol. The van der Waals surface area contributed by atoms with Crippen molar-refractivity contribution in [2.75, 3.05) is 13.1 Å². The molecule has 0 aliphatic carbocycles. The van der Waals surface area contributed by atoms with Gasteiger partial charge in [0.1, 0.15) is 11.9 Å². The van der Waals surface area contributed by atoms with Crippen molar-refractivity contribution >= 4 is 27.5 Å². The molecular weight excluding hydrogens is 265 g/mol. The molecule has 14 heavy (non-hydrogen) atoms. The lowest BCUT2D eigenvalue weighted by Crippen LogP contribution is -2.19. The van der Waals surface area contributed by atoms with Gasteiger partial charge in [0.25, 0.3) is 0 Å². The van der Waals surface area contributed by atoms with E-state index in [4.69, 9.17) is 16.3 Å². The highest BCUT2D eigenvalue weighted by Gasteiger charge is 2.15. The number of hydrogen-bond donors (Lipinski definition) is 1. The first-order chi connectivity index (χ1) is 6.75. The Morgan fingerprint density at radius 3 is 3.00 bits per heavy atom. The number of rotatable bonds is 2. The van der Waals surface area contributed by atoms with E-state index in [1.807, 2.05) is 18.2 Å². The minimum absolute atomic E-state index is 0.284. The molecule has 1 fully saturated rings. The summed E-state index contributed by atoms with van der Waals surface area (Å²) in [5.74, 6) is 0.840. The first kappa shape index (κ1) is 10.3. The predicted molar refractivity (Wildman–Crippen MR) is 61.1 cm³/mol. The monoisotopic (exact) mass is 275 g/mol. The third-order valence-corrected chi connectivity index (χ3v) is 3.44. The van der Waals surface area contributed by atoms with Crippen LogP contribution in [0.5, 0.6) is 5.75 Å². The predicted octanol–water partition coefficient (Wildman–Crippen LogP) is 2.84. The van der Waals surface area contributed by atoms with E-state index >= 15 is 0 Å². The smallest absolute Gasteiger partial charge is 0.121 e. The molecule has 2 rings (SSSR count). The van der Waals surface area contributed by atoms with Crippen molar-refractivity contribution in [3.63, 3.8) is 0 Å². The lowest BCUT2D eigenvalue weighted by atomic mass is 10.3. The molecule has 0 amide bonds. The van der Waals surface area contributed by atoms with Gasteiger partial charge in [0, 0.05) is 11.0 Å². The van der Waals surface area contributed by atoms with E-state index in [2.05, 4.69) is 21.2 Å². The van der Waals surface area contributed by atoms with Crippen molar-refractivity contribution < 1.29 is 4.74 Å². The van der Waals surface area contributed by atoms with Crippen LogP contribution in [0.15, 0.2) is 22.7 Å². The summed E-state index contributed by atoms with van der Waals surface area (Å²) in [5, 5.41) is 3.94. The van der Waals surface area contributed by atoms with Crippen molar-refractivity contribution in [2.24, 2.45) is 0 Å². The maximum absolute atomic E-state index is 5.96. The van der Waals surface area contributed by atoms with Crippen molar-refractivity contribution in [1.29, 1.82) is 0 Å². The summed E-state index contributed by atoms with van der Waals surface area (Å²) < 4.78 is 6.64. The number of benzene rings is 1. The fraction of sp³-hybridized carbons (Fsp3) is 0.400. The van der Waals surface area contributed by atoms with E-state index in [9.17, 15) is 0 Å². The van der Waals surface area contributed by atoms with Gasteiger partial charge >= 0.3 is 0 Å². The molecule has 76 valence electrons. The van der Waals surface area contributed by atoms with Gasteiger partial charge in [-0.1, -0.05) is 11.6 Å². The van der Waals surface area contributed by atoms with E-state index in [0.717, 1.165) is 29.7 Å². The van der Waals surface area contributed by atoms with Crippen LogP contribution in [0, 0.1) is 0 Å². The first-order valence-electron chi connectivity index (χ1n) is 4.58. The molecule has 1 atom stereocenters. The fourth-order valence-corrected chi connectivity index (χ4v) is 1.89. The maximum atomic E-state index is 5.96. The van der Waals surface area contributed by atoms with Crippen molar-refractivity contribution in [1.82, 2.24) is 5.32 Å². The van der Waals surface area contributed by atoms with Gasteiger partial charge in [0.05, 0.1) is 5.02 Å². The van der Waals surface area contributed by atoms with Crippen LogP contribution < -0.4 is 10.1 Å². The topological polar surface area (TPSA) is 21.3 Å². The van der Waals surface area contributed by atoms with Crippen LogP contribution >= 0.6 is 27.5 Å². The minimum Gasteiger partial charge on any atom is -0.489 e. The Labute approximate surface area is 96.7 Å².